The third-order valence-corrected chi connectivity index (χ3v) is 3.00. The summed E-state index contributed by atoms with van der Waals surface area (Å²) in [5.74, 6) is -0.761. The number of amides is 1. The Bertz CT molecular complexity index is 304. The first-order valence-electron chi connectivity index (χ1n) is 5.92. The highest BCUT2D eigenvalue weighted by Crippen LogP contribution is 2.15. The van der Waals surface area contributed by atoms with Crippen LogP contribution in [-0.2, 0) is 9.59 Å². The number of hydrogen-bond donors (Lipinski definition) is 3. The van der Waals surface area contributed by atoms with Crippen LogP contribution in [0.2, 0.25) is 0 Å². The molecular formula is C12H20N2O3. The van der Waals surface area contributed by atoms with E-state index in [1.165, 1.54) is 6.08 Å². The molecular weight excluding hydrogens is 220 g/mol. The molecule has 17 heavy (non-hydrogen) atoms. The molecule has 0 aromatic carbocycles. The number of aliphatic carboxylic acids is 1. The molecule has 0 aromatic heterocycles. The van der Waals surface area contributed by atoms with Gasteiger partial charge in [-0.3, -0.25) is 4.79 Å². The molecule has 3 unspecified atom stereocenters. The normalized spacial score (nSPS) is 25.9. The zero-order valence-electron chi connectivity index (χ0n) is 10.1. The van der Waals surface area contributed by atoms with Gasteiger partial charge in [0.1, 0.15) is 6.04 Å². The molecule has 0 radical (unpaired) electrons. The van der Waals surface area contributed by atoms with Crippen LogP contribution < -0.4 is 10.6 Å². The summed E-state index contributed by atoms with van der Waals surface area (Å²) in [5.41, 5.74) is 0. The summed E-state index contributed by atoms with van der Waals surface area (Å²) in [5, 5.41) is 14.6. The minimum absolute atomic E-state index is 0.231. The van der Waals surface area contributed by atoms with Crippen molar-refractivity contribution in [1.29, 1.82) is 0 Å². The van der Waals surface area contributed by atoms with Crippen LogP contribution in [-0.4, -0.2) is 35.6 Å². The molecule has 5 heteroatoms. The molecule has 1 saturated heterocycles. The van der Waals surface area contributed by atoms with Crippen molar-refractivity contribution in [2.45, 2.75) is 38.3 Å². The van der Waals surface area contributed by atoms with E-state index < -0.39 is 12.0 Å². The molecule has 96 valence electrons. The lowest BCUT2D eigenvalue weighted by Gasteiger charge is -2.28. The summed E-state index contributed by atoms with van der Waals surface area (Å²) >= 11 is 0. The van der Waals surface area contributed by atoms with E-state index in [9.17, 15) is 9.59 Å². The maximum absolute atomic E-state index is 11.9. The molecule has 0 bridgehead atoms. The van der Waals surface area contributed by atoms with Crippen LogP contribution in [0.1, 0.15) is 26.2 Å². The number of carbonyl (C=O) groups is 2. The molecule has 1 aliphatic heterocycles. The largest absolute Gasteiger partial charge is 0.480 e. The first-order valence-corrected chi connectivity index (χ1v) is 5.92. The highest BCUT2D eigenvalue weighted by Gasteiger charge is 2.27. The molecule has 3 atom stereocenters. The van der Waals surface area contributed by atoms with Crippen LogP contribution in [0.5, 0.6) is 0 Å². The van der Waals surface area contributed by atoms with Crippen molar-refractivity contribution in [3.8, 4) is 0 Å². The zero-order valence-corrected chi connectivity index (χ0v) is 10.1. The maximum atomic E-state index is 11.9. The third-order valence-electron chi connectivity index (χ3n) is 3.00. The second-order valence-electron chi connectivity index (χ2n) is 4.56. The van der Waals surface area contributed by atoms with Gasteiger partial charge in [-0.1, -0.05) is 13.0 Å². The Balaban J connectivity index is 2.51. The molecule has 0 saturated carbocycles. The van der Waals surface area contributed by atoms with Gasteiger partial charge in [-0.05, 0) is 31.7 Å². The second-order valence-corrected chi connectivity index (χ2v) is 4.56. The third kappa shape index (κ3) is 4.19. The van der Waals surface area contributed by atoms with Gasteiger partial charge >= 0.3 is 5.97 Å². The summed E-state index contributed by atoms with van der Waals surface area (Å²) < 4.78 is 0. The van der Waals surface area contributed by atoms with Crippen LogP contribution in [0, 0.1) is 5.92 Å². The smallest absolute Gasteiger partial charge is 0.326 e. The predicted molar refractivity (Wildman–Crippen MR) is 64.6 cm³/mol. The van der Waals surface area contributed by atoms with Crippen molar-refractivity contribution in [2.24, 2.45) is 5.92 Å². The topological polar surface area (TPSA) is 78.4 Å². The summed E-state index contributed by atoms with van der Waals surface area (Å²) in [4.78, 5) is 22.8. The minimum Gasteiger partial charge on any atom is -0.480 e. The van der Waals surface area contributed by atoms with Gasteiger partial charge in [-0.15, -0.1) is 6.58 Å². The van der Waals surface area contributed by atoms with Gasteiger partial charge in [0.15, 0.2) is 0 Å². The van der Waals surface area contributed by atoms with E-state index in [0.717, 1.165) is 19.4 Å². The van der Waals surface area contributed by atoms with Crippen LogP contribution >= 0.6 is 0 Å². The van der Waals surface area contributed by atoms with Gasteiger partial charge in [0.2, 0.25) is 5.91 Å². The van der Waals surface area contributed by atoms with Crippen LogP contribution in [0.3, 0.4) is 0 Å². The molecule has 0 aliphatic carbocycles. The van der Waals surface area contributed by atoms with Gasteiger partial charge in [0.05, 0.1) is 6.04 Å². The van der Waals surface area contributed by atoms with Crippen LogP contribution in [0.15, 0.2) is 12.7 Å². The van der Waals surface area contributed by atoms with E-state index in [1.54, 1.807) is 0 Å². The standard InChI is InChI=1S/C12H20N2O3/c1-3-4-9(12(16)17)14-11(15)10-7-8(2)5-6-13-10/h3,8-10,13H,1,4-7H2,2H3,(H,14,15)(H,16,17). The number of carboxylic acids is 1. The van der Waals surface area contributed by atoms with Crippen LogP contribution in [0.4, 0.5) is 0 Å². The lowest BCUT2D eigenvalue weighted by molar-refractivity contribution is -0.142. The van der Waals surface area contributed by atoms with Gasteiger partial charge in [0, 0.05) is 0 Å². The summed E-state index contributed by atoms with van der Waals surface area (Å²) in [6.45, 7) is 6.39. The van der Waals surface area contributed by atoms with Crippen LogP contribution in [0.25, 0.3) is 0 Å². The van der Waals surface area contributed by atoms with Crippen molar-refractivity contribution in [3.05, 3.63) is 12.7 Å². The molecule has 0 spiro atoms. The number of hydrogen-bond acceptors (Lipinski definition) is 3. The van der Waals surface area contributed by atoms with Crippen molar-refractivity contribution in [3.63, 3.8) is 0 Å². The van der Waals surface area contributed by atoms with E-state index in [0.29, 0.717) is 5.92 Å². The fraction of sp³-hybridized carbons (Fsp3) is 0.667. The van der Waals surface area contributed by atoms with E-state index in [4.69, 9.17) is 5.11 Å². The lowest BCUT2D eigenvalue weighted by Crippen LogP contribution is -2.52. The first-order chi connectivity index (χ1) is 8.04. The minimum atomic E-state index is -1.03. The van der Waals surface area contributed by atoms with E-state index in [1.807, 2.05) is 0 Å². The highest BCUT2D eigenvalue weighted by atomic mass is 16.4. The predicted octanol–water partition coefficient (Wildman–Crippen LogP) is 0.520. The van der Waals surface area contributed by atoms with Crippen molar-refractivity contribution >= 4 is 11.9 Å². The van der Waals surface area contributed by atoms with Gasteiger partial charge in [-0.2, -0.15) is 0 Å². The Morgan fingerprint density at radius 2 is 2.35 bits per heavy atom. The highest BCUT2D eigenvalue weighted by molar-refractivity contribution is 5.87. The summed E-state index contributed by atoms with van der Waals surface area (Å²) in [7, 11) is 0. The molecule has 1 rings (SSSR count). The van der Waals surface area contributed by atoms with Crippen molar-refractivity contribution < 1.29 is 14.7 Å². The monoisotopic (exact) mass is 240 g/mol. The number of carboxylic acid groups (broad SMARTS) is 1. The van der Waals surface area contributed by atoms with Crippen molar-refractivity contribution in [2.75, 3.05) is 6.54 Å². The number of carbonyl (C=O) groups excluding carboxylic acids is 1. The van der Waals surface area contributed by atoms with Gasteiger partial charge in [0.25, 0.3) is 0 Å². The average molecular weight is 240 g/mol. The van der Waals surface area contributed by atoms with Gasteiger partial charge < -0.3 is 15.7 Å². The van der Waals surface area contributed by atoms with E-state index in [-0.39, 0.29) is 18.4 Å². The number of rotatable bonds is 5. The first kappa shape index (κ1) is 13.7. The average Bonchev–Trinajstić information content (AvgIpc) is 2.28. The summed E-state index contributed by atoms with van der Waals surface area (Å²) in [6.07, 6.45) is 3.55. The Hall–Kier alpha value is -1.36. The second kappa shape index (κ2) is 6.39. The SMILES string of the molecule is C=CCC(NC(=O)C1CC(C)CCN1)C(=O)O. The number of nitrogens with one attached hydrogen (secondary N) is 2. The Labute approximate surface area is 101 Å². The lowest BCUT2D eigenvalue weighted by atomic mass is 9.93. The fourth-order valence-corrected chi connectivity index (χ4v) is 1.97. The molecule has 0 aromatic rings. The van der Waals surface area contributed by atoms with E-state index in [2.05, 4.69) is 24.1 Å². The molecule has 1 fully saturated rings. The van der Waals surface area contributed by atoms with Crippen molar-refractivity contribution in [1.82, 2.24) is 10.6 Å². The van der Waals surface area contributed by atoms with E-state index >= 15 is 0 Å². The summed E-state index contributed by atoms with van der Waals surface area (Å²) in [6, 6.07) is -1.15. The molecule has 5 nitrogen and oxygen atoms in total. The number of piperidine rings is 1. The molecule has 1 amide bonds. The Morgan fingerprint density at radius 3 is 2.88 bits per heavy atom. The van der Waals surface area contributed by atoms with Gasteiger partial charge in [-0.25, -0.2) is 4.79 Å². The maximum Gasteiger partial charge on any atom is 0.326 e. The molecule has 1 aliphatic rings. The Kier molecular flexibility index (Phi) is 5.15. The molecule has 3 N–H and O–H groups in total. The molecule has 1 heterocycles. The zero-order chi connectivity index (χ0) is 12.8. The quantitative estimate of drug-likeness (QED) is 0.612. The Morgan fingerprint density at radius 1 is 1.65 bits per heavy atom. The fourth-order valence-electron chi connectivity index (χ4n) is 1.97.